The summed E-state index contributed by atoms with van der Waals surface area (Å²) in [6.45, 7) is 6.04. The number of carbonyl (C=O) groups is 2. The molecule has 1 saturated carbocycles. The molecule has 4 atom stereocenters. The van der Waals surface area contributed by atoms with E-state index >= 15 is 0 Å². The highest BCUT2D eigenvalue weighted by molar-refractivity contribution is 6.24. The lowest BCUT2D eigenvalue weighted by atomic mass is 9.71. The monoisotopic (exact) mass is 373 g/mol. The van der Waals surface area contributed by atoms with Crippen LogP contribution < -0.4 is 9.64 Å². The molecule has 4 heteroatoms. The molecular formula is C24H23NO3. The Kier molecular flexibility index (Phi) is 3.57. The van der Waals surface area contributed by atoms with Gasteiger partial charge in [-0.3, -0.25) is 9.59 Å². The van der Waals surface area contributed by atoms with E-state index in [9.17, 15) is 9.59 Å². The molecule has 0 aromatic heterocycles. The fourth-order valence-corrected chi connectivity index (χ4v) is 5.18. The Morgan fingerprint density at radius 2 is 1.79 bits per heavy atom. The summed E-state index contributed by atoms with van der Waals surface area (Å²) >= 11 is 0. The molecule has 142 valence electrons. The minimum absolute atomic E-state index is 0.0625. The number of imide groups is 1. The van der Waals surface area contributed by atoms with Crippen molar-refractivity contribution in [1.82, 2.24) is 0 Å². The first-order valence-corrected chi connectivity index (χ1v) is 9.82. The number of rotatable bonds is 3. The van der Waals surface area contributed by atoms with E-state index in [1.54, 1.807) is 12.1 Å². The van der Waals surface area contributed by atoms with Gasteiger partial charge in [0.05, 0.1) is 17.0 Å². The van der Waals surface area contributed by atoms with Crippen LogP contribution in [0.25, 0.3) is 0 Å². The lowest BCUT2D eigenvalue weighted by Crippen LogP contribution is -2.37. The van der Waals surface area contributed by atoms with Gasteiger partial charge in [-0.1, -0.05) is 24.3 Å². The van der Waals surface area contributed by atoms with Gasteiger partial charge in [-0.25, -0.2) is 4.90 Å². The molecule has 1 saturated heterocycles. The van der Waals surface area contributed by atoms with Gasteiger partial charge >= 0.3 is 0 Å². The number of hydrogen-bond donors (Lipinski definition) is 0. The Morgan fingerprint density at radius 1 is 1.04 bits per heavy atom. The zero-order valence-corrected chi connectivity index (χ0v) is 16.3. The number of carbonyl (C=O) groups excluding carboxylic acids is 2. The quantitative estimate of drug-likeness (QED) is 0.574. The third kappa shape index (κ3) is 2.17. The molecule has 2 aliphatic carbocycles. The average Bonchev–Trinajstić information content (AvgIpc) is 3.32. The van der Waals surface area contributed by atoms with Crippen molar-refractivity contribution in [3.05, 3.63) is 65.7 Å². The standard InChI is InChI=1S/C24H23NO3/c1-14-5-4-6-20(15(14)2)28-19-11-9-18(10-12-19)25-22(26)21-16-7-8-17(13-16)24(21,3)23(25)27/h4-12,16-17,21H,13H2,1-3H3/t16-,17+,21+,24-/m1/s1. The SMILES string of the molecule is Cc1cccc(Oc2ccc(N3C(=O)[C@@H]4[C@@H]5C=C[C@@H](C5)[C@@]4(C)C3=O)cc2)c1C. The lowest BCUT2D eigenvalue weighted by molar-refractivity contribution is -0.127. The smallest absolute Gasteiger partial charge is 0.241 e. The minimum Gasteiger partial charge on any atom is -0.457 e. The molecular weight excluding hydrogens is 350 g/mol. The van der Waals surface area contributed by atoms with E-state index in [-0.39, 0.29) is 29.6 Å². The fraction of sp³-hybridized carbons (Fsp3) is 0.333. The molecule has 2 aromatic carbocycles. The maximum Gasteiger partial charge on any atom is 0.241 e. The Hall–Kier alpha value is -2.88. The summed E-state index contributed by atoms with van der Waals surface area (Å²) in [5.74, 6) is 1.52. The number of hydrogen-bond acceptors (Lipinski definition) is 3. The van der Waals surface area contributed by atoms with Crippen LogP contribution in [0.2, 0.25) is 0 Å². The predicted octanol–water partition coefficient (Wildman–Crippen LogP) is 4.80. The first kappa shape index (κ1) is 17.2. The topological polar surface area (TPSA) is 46.6 Å². The van der Waals surface area contributed by atoms with Gasteiger partial charge < -0.3 is 4.74 Å². The van der Waals surface area contributed by atoms with Crippen molar-refractivity contribution in [2.24, 2.45) is 23.2 Å². The second-order valence-corrected chi connectivity index (χ2v) is 8.42. The molecule has 28 heavy (non-hydrogen) atoms. The summed E-state index contributed by atoms with van der Waals surface area (Å²) in [6, 6.07) is 13.2. The molecule has 3 aliphatic rings. The lowest BCUT2D eigenvalue weighted by Gasteiger charge is -2.28. The predicted molar refractivity (Wildman–Crippen MR) is 107 cm³/mol. The van der Waals surface area contributed by atoms with Crippen molar-refractivity contribution < 1.29 is 14.3 Å². The Morgan fingerprint density at radius 3 is 2.50 bits per heavy atom. The molecule has 0 radical (unpaired) electrons. The largest absolute Gasteiger partial charge is 0.457 e. The van der Waals surface area contributed by atoms with Crippen LogP contribution in [-0.4, -0.2) is 11.8 Å². The van der Waals surface area contributed by atoms with Crippen LogP contribution in [0, 0.1) is 37.0 Å². The maximum atomic E-state index is 13.2. The molecule has 0 unspecified atom stereocenters. The van der Waals surface area contributed by atoms with E-state index in [1.807, 2.05) is 38.1 Å². The zero-order valence-electron chi connectivity index (χ0n) is 16.3. The van der Waals surface area contributed by atoms with Gasteiger partial charge in [0, 0.05) is 0 Å². The number of allylic oxidation sites excluding steroid dienone is 2. The van der Waals surface area contributed by atoms with Crippen molar-refractivity contribution in [3.8, 4) is 11.5 Å². The molecule has 2 bridgehead atoms. The highest BCUT2D eigenvalue weighted by Gasteiger charge is 2.67. The summed E-state index contributed by atoms with van der Waals surface area (Å²) in [4.78, 5) is 27.7. The average molecular weight is 373 g/mol. The molecule has 2 fully saturated rings. The Balaban J connectivity index is 1.42. The van der Waals surface area contributed by atoms with E-state index in [0.29, 0.717) is 11.4 Å². The number of anilines is 1. The van der Waals surface area contributed by atoms with Gasteiger partial charge in [0.1, 0.15) is 11.5 Å². The van der Waals surface area contributed by atoms with Gasteiger partial charge in [-0.15, -0.1) is 0 Å². The van der Waals surface area contributed by atoms with Crippen LogP contribution >= 0.6 is 0 Å². The van der Waals surface area contributed by atoms with E-state index in [2.05, 4.69) is 25.1 Å². The number of benzene rings is 2. The third-order valence-corrected chi connectivity index (χ3v) is 6.99. The normalized spacial score (nSPS) is 30.2. The molecule has 5 rings (SSSR count). The maximum absolute atomic E-state index is 13.2. The number of ether oxygens (including phenoxy) is 1. The summed E-state index contributed by atoms with van der Waals surface area (Å²) < 4.78 is 6.00. The molecule has 4 nitrogen and oxygen atoms in total. The van der Waals surface area contributed by atoms with Crippen LogP contribution in [0.15, 0.2) is 54.6 Å². The van der Waals surface area contributed by atoms with Crippen LogP contribution in [-0.2, 0) is 9.59 Å². The van der Waals surface area contributed by atoms with Crippen molar-refractivity contribution in [3.63, 3.8) is 0 Å². The van der Waals surface area contributed by atoms with E-state index < -0.39 is 5.41 Å². The van der Waals surface area contributed by atoms with Gasteiger partial charge in [0.2, 0.25) is 11.8 Å². The Bertz CT molecular complexity index is 1020. The van der Waals surface area contributed by atoms with Gasteiger partial charge in [-0.05, 0) is 80.5 Å². The first-order chi connectivity index (χ1) is 13.4. The summed E-state index contributed by atoms with van der Waals surface area (Å²) in [5.41, 5.74) is 2.30. The number of amides is 2. The summed E-state index contributed by atoms with van der Waals surface area (Å²) in [6.07, 6.45) is 5.17. The second-order valence-electron chi connectivity index (χ2n) is 8.42. The fourth-order valence-electron chi connectivity index (χ4n) is 5.18. The van der Waals surface area contributed by atoms with E-state index in [1.165, 1.54) is 10.5 Å². The molecule has 0 N–H and O–H groups in total. The summed E-state index contributed by atoms with van der Waals surface area (Å²) in [7, 11) is 0. The number of nitrogens with zero attached hydrogens (tertiary/aromatic N) is 1. The molecule has 2 aromatic rings. The Labute approximate surface area is 164 Å². The number of fused-ring (bicyclic) bond motifs is 5. The van der Waals surface area contributed by atoms with Crippen molar-refractivity contribution >= 4 is 17.5 Å². The molecule has 1 heterocycles. The third-order valence-electron chi connectivity index (χ3n) is 6.99. The number of aryl methyl sites for hydroxylation is 1. The summed E-state index contributed by atoms with van der Waals surface area (Å²) in [5, 5.41) is 0. The zero-order chi connectivity index (χ0) is 19.6. The second kappa shape index (κ2) is 5.81. The molecule has 1 aliphatic heterocycles. The minimum atomic E-state index is -0.593. The molecule has 0 spiro atoms. The van der Waals surface area contributed by atoms with Crippen LogP contribution in [0.1, 0.15) is 24.5 Å². The van der Waals surface area contributed by atoms with Crippen LogP contribution in [0.4, 0.5) is 5.69 Å². The van der Waals surface area contributed by atoms with Gasteiger partial charge in [0.15, 0.2) is 0 Å². The van der Waals surface area contributed by atoms with Gasteiger partial charge in [0.25, 0.3) is 0 Å². The first-order valence-electron chi connectivity index (χ1n) is 9.82. The van der Waals surface area contributed by atoms with E-state index in [0.717, 1.165) is 17.7 Å². The molecule has 2 amide bonds. The van der Waals surface area contributed by atoms with Crippen molar-refractivity contribution in [1.29, 1.82) is 0 Å². The highest BCUT2D eigenvalue weighted by Crippen LogP contribution is 2.60. The van der Waals surface area contributed by atoms with Gasteiger partial charge in [-0.2, -0.15) is 0 Å². The van der Waals surface area contributed by atoms with Crippen molar-refractivity contribution in [2.45, 2.75) is 27.2 Å². The van der Waals surface area contributed by atoms with Crippen LogP contribution in [0.5, 0.6) is 11.5 Å². The highest BCUT2D eigenvalue weighted by atomic mass is 16.5. The van der Waals surface area contributed by atoms with Crippen LogP contribution in [0.3, 0.4) is 0 Å². The van der Waals surface area contributed by atoms with E-state index in [4.69, 9.17) is 4.74 Å². The van der Waals surface area contributed by atoms with Crippen molar-refractivity contribution in [2.75, 3.05) is 4.90 Å².